The molecule has 2 atom stereocenters. The second kappa shape index (κ2) is 45.7. The maximum Gasteiger partial charge on any atom is 0.490 e. The monoisotopic (exact) mass is 1920 g/mol. The number of halogens is 6. The number of carboxylic acids is 1. The molecule has 0 radical (unpaired) electrons. The highest BCUT2D eigenvalue weighted by Crippen LogP contribution is 2.44. The lowest BCUT2D eigenvalue weighted by atomic mass is 10.1. The number of alkyl halides is 5. The van der Waals surface area contributed by atoms with Crippen LogP contribution in [0.1, 0.15) is 127 Å². The van der Waals surface area contributed by atoms with Crippen molar-refractivity contribution in [2.75, 3.05) is 128 Å². The number of benzene rings is 3. The number of carbonyl (C=O) groups is 6. The summed E-state index contributed by atoms with van der Waals surface area (Å²) in [6, 6.07) is 10.1. The number of fused-ring (bicyclic) bond motifs is 3. The number of anilines is 8. The van der Waals surface area contributed by atoms with E-state index in [4.69, 9.17) is 134 Å². The normalized spacial score (nSPS) is 15.5. The maximum absolute atomic E-state index is 12.9. The average Bonchev–Trinajstić information content (AvgIpc) is 1.76. The molecule has 47 heteroatoms. The van der Waals surface area contributed by atoms with Crippen molar-refractivity contribution in [3.63, 3.8) is 0 Å². The Labute approximate surface area is 780 Å². The zero-order chi connectivity index (χ0) is 96.9. The van der Waals surface area contributed by atoms with Crippen LogP contribution in [0.15, 0.2) is 74.0 Å². The number of nitrogens with one attached hydrogen (secondary N) is 4. The number of carbonyl (C=O) groups excluding carboxylic acids is 5. The van der Waals surface area contributed by atoms with Gasteiger partial charge in [0.25, 0.3) is 0 Å². The van der Waals surface area contributed by atoms with Crippen molar-refractivity contribution in [3.8, 4) is 68.8 Å². The molecule has 1 aliphatic carbocycles. The fraction of sp³-hybridized carbons (Fsp3) is 0.477. The van der Waals surface area contributed by atoms with Crippen LogP contribution in [0.3, 0.4) is 0 Å². The van der Waals surface area contributed by atoms with Crippen molar-refractivity contribution in [3.05, 3.63) is 113 Å². The van der Waals surface area contributed by atoms with Crippen LogP contribution >= 0.6 is 34.8 Å². The number of carboxylic acid groups (broad SMARTS) is 1. The van der Waals surface area contributed by atoms with Crippen molar-refractivity contribution in [2.24, 2.45) is 23.1 Å². The number of primary amides is 3. The lowest BCUT2D eigenvalue weighted by Gasteiger charge is -2.32. The van der Waals surface area contributed by atoms with Gasteiger partial charge in [0.05, 0.1) is 135 Å². The molecule has 15 rings (SSSR count). The fourth-order valence-corrected chi connectivity index (χ4v) is 15.3. The van der Waals surface area contributed by atoms with E-state index < -0.39 is 47.4 Å². The van der Waals surface area contributed by atoms with Gasteiger partial charge in [0.15, 0.2) is 34.5 Å². The lowest BCUT2D eigenvalue weighted by molar-refractivity contribution is -0.192. The van der Waals surface area contributed by atoms with Crippen LogP contribution in [-0.4, -0.2) is 241 Å². The fourth-order valence-electron chi connectivity index (χ4n) is 15.1. The molecule has 0 spiro atoms. The summed E-state index contributed by atoms with van der Waals surface area (Å²) in [4.78, 5) is 117. The number of nitrogens with two attached hydrogens (primary N) is 3. The van der Waals surface area contributed by atoms with E-state index in [0.29, 0.717) is 168 Å². The van der Waals surface area contributed by atoms with Crippen LogP contribution < -0.4 is 90.9 Å². The highest BCUT2D eigenvalue weighted by atomic mass is 35.5. The molecule has 11 heterocycles. The molecule has 6 aliphatic rings. The second-order valence-electron chi connectivity index (χ2n) is 32.4. The van der Waals surface area contributed by atoms with E-state index in [1.54, 1.807) is 99.0 Å². The van der Waals surface area contributed by atoms with E-state index in [1.807, 2.05) is 114 Å². The molecule has 9 aromatic rings. The molecule has 5 amide bonds. The zero-order valence-electron chi connectivity index (χ0n) is 76.3. The Kier molecular flexibility index (Phi) is 35.0. The summed E-state index contributed by atoms with van der Waals surface area (Å²) in [6.45, 7) is 15.2. The van der Waals surface area contributed by atoms with Gasteiger partial charge in [-0.2, -0.15) is 23.1 Å². The van der Waals surface area contributed by atoms with Gasteiger partial charge in [0.2, 0.25) is 52.2 Å². The first kappa shape index (κ1) is 102. The Hall–Kier alpha value is -13.2. The van der Waals surface area contributed by atoms with E-state index in [2.05, 4.69) is 46.2 Å². The molecular formula is C86H111Cl3F3N23O18. The number of hydrogen-bond donors (Lipinski definition) is 8. The molecule has 0 unspecified atom stereocenters. The molecule has 41 nitrogen and oxygen atoms in total. The number of hydrogen-bond acceptors (Lipinski definition) is 32. The number of imidazole rings is 3. The molecule has 3 fully saturated rings. The van der Waals surface area contributed by atoms with E-state index in [9.17, 15) is 37.1 Å². The predicted molar refractivity (Wildman–Crippen MR) is 487 cm³/mol. The largest absolute Gasteiger partial charge is 0.493 e. The van der Waals surface area contributed by atoms with Crippen LogP contribution in [0.5, 0.6) is 51.7 Å². The summed E-state index contributed by atoms with van der Waals surface area (Å²) in [7, 11) is 14.1. The van der Waals surface area contributed by atoms with E-state index in [1.165, 1.54) is 12.8 Å². The van der Waals surface area contributed by atoms with E-state index in [0.717, 1.165) is 78.1 Å². The van der Waals surface area contributed by atoms with Gasteiger partial charge < -0.3 is 129 Å². The third kappa shape index (κ3) is 26.4. The summed E-state index contributed by atoms with van der Waals surface area (Å²) in [5.74, 6) is 5.60. The second-order valence-corrected chi connectivity index (χ2v) is 33.6. The van der Waals surface area contributed by atoms with Crippen molar-refractivity contribution in [1.29, 1.82) is 0 Å². The summed E-state index contributed by atoms with van der Waals surface area (Å²) in [5, 5.41) is 20.7. The Morgan fingerprint density at radius 1 is 0.466 bits per heavy atom. The molecule has 1 saturated carbocycles. The topological polar surface area (TPSA) is 494 Å². The number of rotatable bonds is 23. The molecule has 3 aromatic carbocycles. The summed E-state index contributed by atoms with van der Waals surface area (Å²) >= 11 is 15.7. The highest BCUT2D eigenvalue weighted by Gasteiger charge is 2.40. The van der Waals surface area contributed by atoms with Crippen LogP contribution in [0.4, 0.5) is 69.6 Å². The molecule has 11 N–H and O–H groups in total. The number of nitrogens with zero attached hydrogens (tertiary/aromatic N) is 16. The first-order chi connectivity index (χ1) is 63.3. The van der Waals surface area contributed by atoms with Crippen LogP contribution in [0.2, 0.25) is 5.28 Å². The van der Waals surface area contributed by atoms with Crippen LogP contribution in [0, 0.1) is 5.92 Å². The minimum Gasteiger partial charge on any atom is -0.493 e. The van der Waals surface area contributed by atoms with Crippen LogP contribution in [0.25, 0.3) is 17.1 Å². The number of amides is 5. The SMILES string of the molecule is COc1cc(-n2cnc(Nc3nc(Cl)nc4c3CCN(C(=O)OC(C)(C)C)C4)c2)cc(OC)c1OC.COc1cc(-n2cnc(Nc3nc(N4CCC[C@H]4C(N)=O)nc4c3CCN(C(=O)OC(C)(C)C)C4)c2)cc(OC)c1OC.COc1cc(-n2cnc(Nc3nc(N4CCC[C@H]4C(N)=O)nc4c3CCNC4)c2)cc(OC)c1OC.ClCCl.NC(=O)C1CCCC1.O=C(O)C(F)(F)F. The zero-order valence-corrected chi connectivity index (χ0v) is 78.6. The summed E-state index contributed by atoms with van der Waals surface area (Å²) in [5.41, 5.74) is 22.5. The number of ether oxygens (including phenoxy) is 11. The minimum absolute atomic E-state index is 0.0753. The third-order valence-electron chi connectivity index (χ3n) is 21.3. The molecule has 2 saturated heterocycles. The Bertz CT molecular complexity index is 5500. The van der Waals surface area contributed by atoms with Crippen molar-refractivity contribution in [2.45, 2.75) is 161 Å². The van der Waals surface area contributed by atoms with Crippen molar-refractivity contribution in [1.82, 2.24) is 73.7 Å². The van der Waals surface area contributed by atoms with Gasteiger partial charge in [0.1, 0.15) is 77.2 Å². The summed E-state index contributed by atoms with van der Waals surface area (Å²) < 4.78 is 97.4. The van der Waals surface area contributed by atoms with Gasteiger partial charge in [-0.25, -0.2) is 49.3 Å². The number of methoxy groups -OCH3 is 9. The van der Waals surface area contributed by atoms with Gasteiger partial charge in [-0.3, -0.25) is 14.4 Å². The van der Waals surface area contributed by atoms with Gasteiger partial charge in [-0.05, 0) is 117 Å². The minimum atomic E-state index is -5.08. The average molecular weight is 1920 g/mol. The van der Waals surface area contributed by atoms with E-state index in [-0.39, 0.29) is 47.5 Å². The van der Waals surface area contributed by atoms with Crippen molar-refractivity contribution >= 4 is 117 Å². The van der Waals surface area contributed by atoms with Crippen molar-refractivity contribution < 1.29 is 99.2 Å². The van der Waals surface area contributed by atoms with Gasteiger partial charge in [0, 0.05) is 91.7 Å². The maximum atomic E-state index is 12.9. The third-order valence-corrected chi connectivity index (χ3v) is 21.5. The standard InChI is InChI=1S/C29H38N8O6.C24H29ClN6O5.C24H30N8O4.C6H11NO.C2HF3O2.CH2Cl2/c1-29(2,3)43-28(39)35-11-9-18-19(14-35)32-27(37-10-7-8-20(37)25(30)38)34-26(18)33-23-15-36(16-31-23)17-12-21(40-4)24(42-6)22(13-17)41-5;1-24(2,3)36-23(32)30-8-7-15-16(11-30)27-22(25)29-21(15)28-19-12-31(13-26-19)14-9-17(33-4)20(35-6)18(10-14)34-5;1-34-18-9-14(10-19(35-2)21(18)36-3)31-12-20(27-13-31)29-23-15-6-7-26-11-16(15)28-24(30-23)32-8-4-5-17(32)22(25)33;7-6(8)5-3-1-2-4-5;3-2(4,5)1(6)7;2-1-3/h12-13,15-16,20H,7-11,14H2,1-6H3,(H2,30,38)(H,32,33,34);9-10,12-13H,7-8,11H2,1-6H3,(H,27,28,29);9-10,12-13,17,26H,4-8,11H2,1-3H3,(H2,25,33)(H,28,29,30);5H,1-4H2,(H2,7,8);(H,6,7);1H2/t20-;;17-;;;/m0.0.../s1. The first-order valence-corrected chi connectivity index (χ1v) is 43.4. The molecule has 720 valence electrons. The van der Waals surface area contributed by atoms with Gasteiger partial charge in [-0.1, -0.05) is 12.8 Å². The molecule has 0 bridgehead atoms. The summed E-state index contributed by atoms with van der Waals surface area (Å²) in [6.07, 6.45) is 13.9. The van der Waals surface area contributed by atoms with Gasteiger partial charge >= 0.3 is 24.3 Å². The number of aliphatic carboxylic acids is 1. The van der Waals surface area contributed by atoms with E-state index >= 15 is 0 Å². The molecule has 6 aromatic heterocycles. The smallest absolute Gasteiger partial charge is 0.490 e. The first-order valence-electron chi connectivity index (χ1n) is 42.0. The highest BCUT2D eigenvalue weighted by molar-refractivity contribution is 6.40. The quantitative estimate of drug-likeness (QED) is 0.0218. The molecule has 133 heavy (non-hydrogen) atoms. The number of aromatic nitrogens is 12. The van der Waals surface area contributed by atoms with Crippen LogP contribution in [-0.2, 0) is 67.5 Å². The molecular weight excluding hydrogens is 1810 g/mol. The Morgan fingerprint density at radius 3 is 1.11 bits per heavy atom. The lowest BCUT2D eigenvalue weighted by Crippen LogP contribution is -2.43. The van der Waals surface area contributed by atoms with Gasteiger partial charge in [-0.15, -0.1) is 23.2 Å². The molecule has 5 aliphatic heterocycles. The Morgan fingerprint density at radius 2 is 0.797 bits per heavy atom. The Balaban J connectivity index is 0.000000189. The predicted octanol–water partition coefficient (Wildman–Crippen LogP) is 11.8.